The molecule has 0 N–H and O–H groups in total. The van der Waals surface area contributed by atoms with Crippen molar-refractivity contribution in [2.24, 2.45) is 0 Å². The van der Waals surface area contributed by atoms with Crippen LogP contribution in [0.1, 0.15) is 12.0 Å². The van der Waals surface area contributed by atoms with Crippen LogP contribution in [-0.2, 0) is 23.1 Å². The van der Waals surface area contributed by atoms with Crippen molar-refractivity contribution >= 4 is 21.6 Å². The number of hydrogen-bond donors (Lipinski definition) is 0. The Labute approximate surface area is 129 Å². The topological polar surface area (TPSA) is 68.1 Å². The number of nitrogens with zero attached hydrogens (tertiary/aromatic N) is 4. The van der Waals surface area contributed by atoms with Crippen molar-refractivity contribution in [3.8, 4) is 0 Å². The quantitative estimate of drug-likeness (QED) is 0.726. The van der Waals surface area contributed by atoms with Crippen molar-refractivity contribution in [2.45, 2.75) is 24.4 Å². The van der Waals surface area contributed by atoms with Crippen molar-refractivity contribution in [3.05, 3.63) is 42.5 Å². The van der Waals surface area contributed by atoms with Crippen LogP contribution in [0, 0.1) is 0 Å². The van der Waals surface area contributed by atoms with Gasteiger partial charge in [-0.05, 0) is 18.1 Å². The van der Waals surface area contributed by atoms with Gasteiger partial charge in [0.1, 0.15) is 4.90 Å². The molecule has 114 valence electrons. The third-order valence-electron chi connectivity index (χ3n) is 2.97. The minimum Gasteiger partial charge on any atom is -0.271 e. The lowest BCUT2D eigenvalue weighted by Gasteiger charge is -2.15. The predicted octanol–water partition coefficient (Wildman–Crippen LogP) is 1.73. The second-order valence-electron chi connectivity index (χ2n) is 4.60. The first-order valence-corrected chi connectivity index (χ1v) is 8.45. The van der Waals surface area contributed by atoms with Crippen molar-refractivity contribution in [1.82, 2.24) is 19.1 Å². The molecule has 2 heterocycles. The molecule has 2 aromatic heterocycles. The molecule has 0 radical (unpaired) electrons. The lowest BCUT2D eigenvalue weighted by Crippen LogP contribution is -2.26. The minimum absolute atomic E-state index is 0.184. The number of pyridine rings is 1. The summed E-state index contributed by atoms with van der Waals surface area (Å²) < 4.78 is 27.8. The Morgan fingerprint density at radius 3 is 2.86 bits per heavy atom. The molecule has 0 amide bonds. The summed E-state index contributed by atoms with van der Waals surface area (Å²) in [5.74, 6) is 0.517. The van der Waals surface area contributed by atoms with E-state index in [1.165, 1.54) is 16.7 Å². The van der Waals surface area contributed by atoms with E-state index in [0.717, 1.165) is 12.0 Å². The molecule has 0 aliphatic heterocycles. The largest absolute Gasteiger partial charge is 0.271 e. The number of hydrogen-bond acceptors (Lipinski definition) is 4. The van der Waals surface area contributed by atoms with E-state index in [0.29, 0.717) is 12.4 Å². The Kier molecular flexibility index (Phi) is 5.33. The average Bonchev–Trinajstić information content (AvgIpc) is 2.95. The molecule has 0 fully saturated rings. The van der Waals surface area contributed by atoms with Gasteiger partial charge in [0.05, 0.1) is 6.20 Å². The summed E-state index contributed by atoms with van der Waals surface area (Å²) in [6.45, 7) is 0.869. The number of aromatic nitrogens is 3. The second-order valence-corrected chi connectivity index (χ2v) is 7.03. The van der Waals surface area contributed by atoms with E-state index in [9.17, 15) is 8.42 Å². The van der Waals surface area contributed by atoms with Gasteiger partial charge >= 0.3 is 0 Å². The number of alkyl halides is 1. The maximum absolute atomic E-state index is 12.4. The summed E-state index contributed by atoms with van der Waals surface area (Å²) in [6.07, 6.45) is 6.94. The van der Waals surface area contributed by atoms with Gasteiger partial charge in [0, 0.05) is 44.6 Å². The van der Waals surface area contributed by atoms with E-state index >= 15 is 0 Å². The van der Waals surface area contributed by atoms with E-state index in [1.807, 2.05) is 6.07 Å². The van der Waals surface area contributed by atoms with Crippen LogP contribution in [0.2, 0.25) is 0 Å². The van der Waals surface area contributed by atoms with Crippen LogP contribution in [0.5, 0.6) is 0 Å². The van der Waals surface area contributed by atoms with Crippen molar-refractivity contribution in [3.63, 3.8) is 0 Å². The first-order chi connectivity index (χ1) is 10.0. The molecule has 6 nitrogen and oxygen atoms in total. The fraction of sp³-hybridized carbons (Fsp3) is 0.385. The molecule has 0 saturated carbocycles. The van der Waals surface area contributed by atoms with Gasteiger partial charge < -0.3 is 0 Å². The lowest BCUT2D eigenvalue weighted by molar-refractivity contribution is 0.466. The molecular formula is C13H17ClN4O2S. The fourth-order valence-electron chi connectivity index (χ4n) is 1.84. The molecule has 0 atom stereocenters. The number of sulfonamides is 1. The summed E-state index contributed by atoms with van der Waals surface area (Å²) in [4.78, 5) is 4.16. The van der Waals surface area contributed by atoms with Crippen LogP contribution < -0.4 is 0 Å². The zero-order valence-corrected chi connectivity index (χ0v) is 13.3. The summed E-state index contributed by atoms with van der Waals surface area (Å²) in [5.41, 5.74) is 0.832. The monoisotopic (exact) mass is 328 g/mol. The smallest absolute Gasteiger partial charge is 0.246 e. The van der Waals surface area contributed by atoms with Gasteiger partial charge in [-0.2, -0.15) is 9.40 Å². The SMILES string of the molecule is CN(Cc1cccnc1)S(=O)(=O)c1cnn(CCCCl)c1. The van der Waals surface area contributed by atoms with Crippen LogP contribution in [0.3, 0.4) is 0 Å². The average molecular weight is 329 g/mol. The highest BCUT2D eigenvalue weighted by Gasteiger charge is 2.22. The van der Waals surface area contributed by atoms with Gasteiger partial charge in [-0.25, -0.2) is 8.42 Å². The maximum atomic E-state index is 12.4. The van der Waals surface area contributed by atoms with Crippen molar-refractivity contribution in [1.29, 1.82) is 0 Å². The standard InChI is InChI=1S/C13H17ClN4O2S/c1-17(10-12-4-2-6-15-8-12)21(19,20)13-9-16-18(11-13)7-3-5-14/h2,4,6,8-9,11H,3,5,7,10H2,1H3. The number of rotatable bonds is 7. The van der Waals surface area contributed by atoms with E-state index in [-0.39, 0.29) is 11.4 Å². The van der Waals surface area contributed by atoms with E-state index in [2.05, 4.69) is 10.1 Å². The minimum atomic E-state index is -3.55. The van der Waals surface area contributed by atoms with E-state index < -0.39 is 10.0 Å². The van der Waals surface area contributed by atoms with Crippen molar-refractivity contribution in [2.75, 3.05) is 12.9 Å². The van der Waals surface area contributed by atoms with Gasteiger partial charge in [-0.15, -0.1) is 11.6 Å². The van der Waals surface area contributed by atoms with Crippen LogP contribution >= 0.6 is 11.6 Å². The summed E-state index contributed by atoms with van der Waals surface area (Å²) in [7, 11) is -2.01. The third kappa shape index (κ3) is 4.03. The number of aryl methyl sites for hydroxylation is 1. The van der Waals surface area contributed by atoms with Gasteiger partial charge in [0.25, 0.3) is 0 Å². The zero-order chi connectivity index (χ0) is 15.3. The van der Waals surface area contributed by atoms with Crippen molar-refractivity contribution < 1.29 is 8.42 Å². The molecule has 21 heavy (non-hydrogen) atoms. The Morgan fingerprint density at radius 1 is 1.38 bits per heavy atom. The normalized spacial score (nSPS) is 12.0. The molecule has 8 heteroatoms. The van der Waals surface area contributed by atoms with Crippen LogP contribution in [0.25, 0.3) is 0 Å². The van der Waals surface area contributed by atoms with Gasteiger partial charge in [-0.1, -0.05) is 6.07 Å². The third-order valence-corrected chi connectivity index (χ3v) is 4.99. The highest BCUT2D eigenvalue weighted by molar-refractivity contribution is 7.89. The Balaban J connectivity index is 2.11. The van der Waals surface area contributed by atoms with Gasteiger partial charge in [0.15, 0.2) is 0 Å². The molecule has 0 aromatic carbocycles. The first-order valence-electron chi connectivity index (χ1n) is 6.47. The lowest BCUT2D eigenvalue weighted by atomic mass is 10.3. The fourth-order valence-corrected chi connectivity index (χ4v) is 3.07. The Morgan fingerprint density at radius 2 is 2.19 bits per heavy atom. The molecule has 0 bridgehead atoms. The highest BCUT2D eigenvalue weighted by atomic mass is 35.5. The van der Waals surface area contributed by atoms with E-state index in [1.54, 1.807) is 30.2 Å². The molecule has 2 aromatic rings. The predicted molar refractivity (Wildman–Crippen MR) is 80.5 cm³/mol. The second kappa shape index (κ2) is 7.02. The molecule has 0 unspecified atom stereocenters. The highest BCUT2D eigenvalue weighted by Crippen LogP contribution is 2.15. The molecule has 2 rings (SSSR count). The summed E-state index contributed by atoms with van der Waals surface area (Å²) in [6, 6.07) is 3.61. The van der Waals surface area contributed by atoms with Crippen LogP contribution in [0.4, 0.5) is 0 Å². The molecular weight excluding hydrogens is 312 g/mol. The van der Waals surface area contributed by atoms with E-state index in [4.69, 9.17) is 11.6 Å². The molecule has 0 spiro atoms. The Hall–Kier alpha value is -1.44. The van der Waals surface area contributed by atoms with Gasteiger partial charge in [0.2, 0.25) is 10.0 Å². The molecule has 0 saturated heterocycles. The maximum Gasteiger partial charge on any atom is 0.246 e. The zero-order valence-electron chi connectivity index (χ0n) is 11.7. The number of halogens is 1. The molecule has 0 aliphatic carbocycles. The summed E-state index contributed by atoms with van der Waals surface area (Å²) >= 11 is 5.62. The summed E-state index contributed by atoms with van der Waals surface area (Å²) in [5, 5.41) is 4.05. The van der Waals surface area contributed by atoms with Gasteiger partial charge in [-0.3, -0.25) is 9.67 Å². The Bertz CT molecular complexity index is 672. The van der Waals surface area contributed by atoms with Crippen LogP contribution in [0.15, 0.2) is 41.8 Å². The van der Waals surface area contributed by atoms with Crippen LogP contribution in [-0.4, -0.2) is 40.4 Å². The first kappa shape index (κ1) is 15.9. The molecule has 0 aliphatic rings.